The quantitative estimate of drug-likeness (QED) is 0.880. The van der Waals surface area contributed by atoms with Gasteiger partial charge in [0.15, 0.2) is 0 Å². The minimum absolute atomic E-state index is 0.0795. The summed E-state index contributed by atoms with van der Waals surface area (Å²) in [5, 5.41) is 10.2. The molecule has 0 bridgehead atoms. The number of aliphatic hydroxyl groups excluding tert-OH is 1. The Bertz CT molecular complexity index is 417. The van der Waals surface area contributed by atoms with Gasteiger partial charge in [0.05, 0.1) is 6.10 Å². The number of rotatable bonds is 2. The molecule has 3 rings (SSSR count). The molecule has 1 N–H and O–H groups in total. The summed E-state index contributed by atoms with van der Waals surface area (Å²) in [5.41, 5.74) is 2.91. The molecule has 0 saturated heterocycles. The summed E-state index contributed by atoms with van der Waals surface area (Å²) >= 11 is 0. The number of anilines is 1. The van der Waals surface area contributed by atoms with Gasteiger partial charge in [-0.15, -0.1) is 0 Å². The van der Waals surface area contributed by atoms with Crippen molar-refractivity contribution >= 4 is 5.69 Å². The Morgan fingerprint density at radius 2 is 1.89 bits per heavy atom. The zero-order chi connectivity index (χ0) is 13.1. The molecule has 0 aromatic heterocycles. The first-order chi connectivity index (χ1) is 9.34. The number of para-hydroxylation sites is 1. The van der Waals surface area contributed by atoms with Crippen molar-refractivity contribution in [3.63, 3.8) is 0 Å². The van der Waals surface area contributed by atoms with Gasteiger partial charge in [0.2, 0.25) is 0 Å². The van der Waals surface area contributed by atoms with Gasteiger partial charge in [0.25, 0.3) is 0 Å². The third kappa shape index (κ3) is 2.94. The molecule has 1 fully saturated rings. The van der Waals surface area contributed by atoms with E-state index in [9.17, 15) is 5.11 Å². The Morgan fingerprint density at radius 3 is 2.79 bits per heavy atom. The largest absolute Gasteiger partial charge is 0.393 e. The molecule has 0 amide bonds. The maximum absolute atomic E-state index is 10.2. The SMILES string of the molecule is OC1CCCCC1CN1CCCCc2ccccc21. The molecule has 1 aromatic carbocycles. The Labute approximate surface area is 116 Å². The van der Waals surface area contributed by atoms with E-state index in [1.165, 1.54) is 49.8 Å². The monoisotopic (exact) mass is 259 g/mol. The minimum Gasteiger partial charge on any atom is -0.393 e. The summed E-state index contributed by atoms with van der Waals surface area (Å²) in [7, 11) is 0. The molecular weight excluding hydrogens is 234 g/mol. The predicted octanol–water partition coefficient (Wildman–Crippen LogP) is 3.38. The number of benzene rings is 1. The first-order valence-electron chi connectivity index (χ1n) is 7.85. The van der Waals surface area contributed by atoms with Crippen molar-refractivity contribution in [2.75, 3.05) is 18.0 Å². The molecule has 1 saturated carbocycles. The van der Waals surface area contributed by atoms with Crippen molar-refractivity contribution in [2.45, 2.75) is 51.0 Å². The van der Waals surface area contributed by atoms with Gasteiger partial charge in [-0.25, -0.2) is 0 Å². The van der Waals surface area contributed by atoms with Crippen LogP contribution in [0.2, 0.25) is 0 Å². The molecule has 104 valence electrons. The zero-order valence-corrected chi connectivity index (χ0v) is 11.7. The first kappa shape index (κ1) is 13.0. The zero-order valence-electron chi connectivity index (χ0n) is 11.7. The van der Waals surface area contributed by atoms with Crippen molar-refractivity contribution in [1.29, 1.82) is 0 Å². The fourth-order valence-electron chi connectivity index (χ4n) is 3.64. The van der Waals surface area contributed by atoms with E-state index < -0.39 is 0 Å². The lowest BCUT2D eigenvalue weighted by atomic mass is 9.86. The van der Waals surface area contributed by atoms with E-state index in [4.69, 9.17) is 0 Å². The van der Waals surface area contributed by atoms with Crippen LogP contribution < -0.4 is 4.90 Å². The van der Waals surface area contributed by atoms with Gasteiger partial charge in [-0.3, -0.25) is 0 Å². The lowest BCUT2D eigenvalue weighted by Gasteiger charge is -2.34. The van der Waals surface area contributed by atoms with Crippen LogP contribution in [0.15, 0.2) is 24.3 Å². The third-order valence-corrected chi connectivity index (χ3v) is 4.78. The van der Waals surface area contributed by atoms with Crippen molar-refractivity contribution in [1.82, 2.24) is 0 Å². The highest BCUT2D eigenvalue weighted by atomic mass is 16.3. The Kier molecular flexibility index (Phi) is 4.07. The van der Waals surface area contributed by atoms with E-state index >= 15 is 0 Å². The van der Waals surface area contributed by atoms with Crippen LogP contribution in [0.3, 0.4) is 0 Å². The highest BCUT2D eigenvalue weighted by molar-refractivity contribution is 5.54. The van der Waals surface area contributed by atoms with Crippen LogP contribution in [0.25, 0.3) is 0 Å². The summed E-state index contributed by atoms with van der Waals surface area (Å²) in [5.74, 6) is 0.472. The highest BCUT2D eigenvalue weighted by Gasteiger charge is 2.26. The van der Waals surface area contributed by atoms with Crippen LogP contribution >= 0.6 is 0 Å². The second kappa shape index (κ2) is 5.96. The van der Waals surface area contributed by atoms with Crippen molar-refractivity contribution in [2.24, 2.45) is 5.92 Å². The molecule has 2 atom stereocenters. The van der Waals surface area contributed by atoms with Gasteiger partial charge >= 0.3 is 0 Å². The van der Waals surface area contributed by atoms with E-state index in [2.05, 4.69) is 29.2 Å². The van der Waals surface area contributed by atoms with E-state index in [0.29, 0.717) is 5.92 Å². The average Bonchev–Trinajstić information content (AvgIpc) is 2.64. The molecule has 1 aromatic rings. The van der Waals surface area contributed by atoms with Crippen molar-refractivity contribution < 1.29 is 5.11 Å². The molecular formula is C17H25NO. The number of fused-ring (bicyclic) bond motifs is 1. The number of aryl methyl sites for hydroxylation is 1. The van der Waals surface area contributed by atoms with Gasteiger partial charge in [-0.1, -0.05) is 31.0 Å². The van der Waals surface area contributed by atoms with Gasteiger partial charge in [-0.2, -0.15) is 0 Å². The summed E-state index contributed by atoms with van der Waals surface area (Å²) in [6, 6.07) is 8.83. The van der Waals surface area contributed by atoms with Gasteiger partial charge in [0, 0.05) is 24.7 Å². The normalized spacial score (nSPS) is 27.7. The van der Waals surface area contributed by atoms with E-state index in [0.717, 1.165) is 19.5 Å². The second-order valence-corrected chi connectivity index (χ2v) is 6.14. The smallest absolute Gasteiger partial charge is 0.0585 e. The van der Waals surface area contributed by atoms with E-state index in [1.54, 1.807) is 0 Å². The topological polar surface area (TPSA) is 23.5 Å². The summed E-state index contributed by atoms with van der Waals surface area (Å²) in [6.45, 7) is 2.19. The maximum atomic E-state index is 10.2. The number of aliphatic hydroxyl groups is 1. The van der Waals surface area contributed by atoms with Crippen molar-refractivity contribution in [3.8, 4) is 0 Å². The van der Waals surface area contributed by atoms with Crippen LogP contribution in [0.5, 0.6) is 0 Å². The summed E-state index contributed by atoms with van der Waals surface area (Å²) in [6.07, 6.45) is 8.38. The van der Waals surface area contributed by atoms with Crippen LogP contribution in [0.4, 0.5) is 5.69 Å². The fraction of sp³-hybridized carbons (Fsp3) is 0.647. The standard InChI is InChI=1S/C17H25NO/c19-17-11-4-2-9-15(17)13-18-12-6-5-8-14-7-1-3-10-16(14)18/h1,3,7,10,15,17,19H,2,4-6,8-9,11-13H2. The van der Waals surface area contributed by atoms with Crippen LogP contribution in [-0.4, -0.2) is 24.3 Å². The molecule has 19 heavy (non-hydrogen) atoms. The maximum Gasteiger partial charge on any atom is 0.0585 e. The Hall–Kier alpha value is -1.02. The van der Waals surface area contributed by atoms with E-state index in [1.807, 2.05) is 0 Å². The molecule has 1 aliphatic carbocycles. The third-order valence-electron chi connectivity index (χ3n) is 4.78. The van der Waals surface area contributed by atoms with Gasteiger partial charge in [0.1, 0.15) is 0 Å². The molecule has 0 spiro atoms. The minimum atomic E-state index is -0.0795. The van der Waals surface area contributed by atoms with Gasteiger partial charge in [-0.05, 0) is 43.7 Å². The molecule has 2 heteroatoms. The summed E-state index contributed by atoms with van der Waals surface area (Å²) < 4.78 is 0. The number of hydrogen-bond donors (Lipinski definition) is 1. The molecule has 2 nitrogen and oxygen atoms in total. The number of hydrogen-bond acceptors (Lipinski definition) is 2. The first-order valence-corrected chi connectivity index (χ1v) is 7.85. The lowest BCUT2D eigenvalue weighted by molar-refractivity contribution is 0.0731. The molecule has 0 radical (unpaired) electrons. The predicted molar refractivity (Wildman–Crippen MR) is 79.6 cm³/mol. The number of nitrogens with zero attached hydrogens (tertiary/aromatic N) is 1. The van der Waals surface area contributed by atoms with Crippen LogP contribution in [0, 0.1) is 5.92 Å². The molecule has 1 aliphatic heterocycles. The van der Waals surface area contributed by atoms with E-state index in [-0.39, 0.29) is 6.10 Å². The molecule has 2 unspecified atom stereocenters. The average molecular weight is 259 g/mol. The fourth-order valence-corrected chi connectivity index (χ4v) is 3.64. The van der Waals surface area contributed by atoms with Gasteiger partial charge < -0.3 is 10.0 Å². The highest BCUT2D eigenvalue weighted by Crippen LogP contribution is 2.30. The van der Waals surface area contributed by atoms with Crippen LogP contribution in [-0.2, 0) is 6.42 Å². The lowest BCUT2D eigenvalue weighted by Crippen LogP contribution is -2.37. The van der Waals surface area contributed by atoms with Crippen LogP contribution in [0.1, 0.15) is 44.1 Å². The van der Waals surface area contributed by atoms with Crippen molar-refractivity contribution in [3.05, 3.63) is 29.8 Å². The summed E-state index contributed by atoms with van der Waals surface area (Å²) in [4.78, 5) is 2.53. The Balaban J connectivity index is 1.76. The second-order valence-electron chi connectivity index (χ2n) is 6.14. The molecule has 2 aliphatic rings. The Morgan fingerprint density at radius 1 is 1.05 bits per heavy atom. The molecule has 1 heterocycles.